The summed E-state index contributed by atoms with van der Waals surface area (Å²) >= 11 is 0. The van der Waals surface area contributed by atoms with Crippen LogP contribution in [0.1, 0.15) is 65.6 Å². The number of nitrogens with one attached hydrogen (secondary N) is 1. The molecule has 2 fully saturated rings. The normalized spacial score (nSPS) is 18.9. The first-order chi connectivity index (χ1) is 15.2. The third-order valence-electron chi connectivity index (χ3n) is 5.42. The maximum Gasteiger partial charge on any atom is 0.270 e. The van der Waals surface area contributed by atoms with Gasteiger partial charge in [0.05, 0.1) is 34.3 Å². The molecule has 168 valence electrons. The highest BCUT2D eigenvalue weighted by Crippen LogP contribution is 2.33. The molecule has 1 N–H and O–H groups in total. The fourth-order valence-corrected chi connectivity index (χ4v) is 3.68. The van der Waals surface area contributed by atoms with Gasteiger partial charge >= 0.3 is 0 Å². The lowest BCUT2D eigenvalue weighted by atomic mass is 10.0. The van der Waals surface area contributed by atoms with E-state index < -0.39 is 6.63 Å². The molecule has 1 aliphatic carbocycles. The van der Waals surface area contributed by atoms with Crippen LogP contribution in [-0.4, -0.2) is 56.5 Å². The summed E-state index contributed by atoms with van der Waals surface area (Å²) in [6.45, 7) is 4.06. The summed E-state index contributed by atoms with van der Waals surface area (Å²) in [7, 11) is 0. The van der Waals surface area contributed by atoms with E-state index in [1.165, 1.54) is 12.8 Å². The van der Waals surface area contributed by atoms with Gasteiger partial charge in [-0.2, -0.15) is 0 Å². The molecule has 2 heterocycles. The van der Waals surface area contributed by atoms with E-state index in [9.17, 15) is 9.18 Å². The quantitative estimate of drug-likeness (QED) is 0.486. The number of hydrogen-bond donors (Lipinski definition) is 1. The van der Waals surface area contributed by atoms with Gasteiger partial charge in [0.15, 0.2) is 0 Å². The van der Waals surface area contributed by atoms with Crippen LogP contribution in [0.2, 0.25) is 0 Å². The van der Waals surface area contributed by atoms with Crippen LogP contribution in [0.15, 0.2) is 12.1 Å². The lowest BCUT2D eigenvalue weighted by Crippen LogP contribution is -2.39. The van der Waals surface area contributed by atoms with Crippen molar-refractivity contribution in [2.24, 2.45) is 11.8 Å². The molecule has 3 rings (SSSR count). The number of ether oxygens (including phenoxy) is 2. The van der Waals surface area contributed by atoms with Gasteiger partial charge in [0, 0.05) is 19.7 Å². The Hall–Kier alpha value is -1.89. The van der Waals surface area contributed by atoms with Crippen molar-refractivity contribution < 1.29 is 21.4 Å². The second-order valence-corrected chi connectivity index (χ2v) is 8.73. The first-order valence-corrected chi connectivity index (χ1v) is 11.2. The van der Waals surface area contributed by atoms with Crippen LogP contribution in [0, 0.1) is 11.8 Å². The van der Waals surface area contributed by atoms with Crippen LogP contribution in [0.5, 0.6) is 5.88 Å². The summed E-state index contributed by atoms with van der Waals surface area (Å²) in [5.74, 6) is 1.13. The third-order valence-corrected chi connectivity index (χ3v) is 5.42. The SMILES string of the molecule is [2H]C([2H])(F)CCOCC(CC(C)C)NC(=O)c1ccc(N2CCCC2)c(OCC2CC2)n1. The molecule has 0 bridgehead atoms. The molecule has 0 aromatic carbocycles. The zero-order valence-electron chi connectivity index (χ0n) is 20.2. The lowest BCUT2D eigenvalue weighted by Gasteiger charge is -2.22. The predicted molar refractivity (Wildman–Crippen MR) is 116 cm³/mol. The van der Waals surface area contributed by atoms with Gasteiger partial charge in [-0.05, 0) is 62.5 Å². The van der Waals surface area contributed by atoms with E-state index in [-0.39, 0.29) is 31.6 Å². The molecule has 1 unspecified atom stereocenters. The molecule has 7 heteroatoms. The number of nitrogens with zero attached hydrogens (tertiary/aromatic N) is 2. The molecule has 1 saturated carbocycles. The maximum atomic E-state index is 13.0. The van der Waals surface area contributed by atoms with Gasteiger partial charge in [-0.15, -0.1) is 0 Å². The lowest BCUT2D eigenvalue weighted by molar-refractivity contribution is 0.0789. The van der Waals surface area contributed by atoms with E-state index in [4.69, 9.17) is 12.2 Å². The number of pyridine rings is 1. The van der Waals surface area contributed by atoms with E-state index in [2.05, 4.69) is 15.2 Å². The van der Waals surface area contributed by atoms with Gasteiger partial charge in [0.1, 0.15) is 5.69 Å². The van der Waals surface area contributed by atoms with Crippen LogP contribution in [0.4, 0.5) is 10.1 Å². The Kier molecular flexibility index (Phi) is 7.67. The summed E-state index contributed by atoms with van der Waals surface area (Å²) in [5, 5.41) is 2.97. The van der Waals surface area contributed by atoms with E-state index >= 15 is 0 Å². The molecule has 1 saturated heterocycles. The van der Waals surface area contributed by atoms with Crippen LogP contribution in [0.25, 0.3) is 0 Å². The molecule has 0 radical (unpaired) electrons. The minimum atomic E-state index is -2.76. The van der Waals surface area contributed by atoms with Crippen LogP contribution >= 0.6 is 0 Å². The average Bonchev–Trinajstić information content (AvgIpc) is 3.39. The summed E-state index contributed by atoms with van der Waals surface area (Å²) in [6, 6.07) is 3.38. The van der Waals surface area contributed by atoms with Crippen LogP contribution in [-0.2, 0) is 4.74 Å². The van der Waals surface area contributed by atoms with Gasteiger partial charge in [0.25, 0.3) is 5.91 Å². The minimum Gasteiger partial charge on any atom is -0.476 e. The molecular formula is C23H36FN3O3. The molecule has 1 aromatic rings. The average molecular weight is 424 g/mol. The number of halogens is 1. The Morgan fingerprint density at radius 2 is 2.13 bits per heavy atom. The molecule has 1 amide bonds. The monoisotopic (exact) mass is 423 g/mol. The van der Waals surface area contributed by atoms with E-state index in [1.807, 2.05) is 19.9 Å². The zero-order chi connectivity index (χ0) is 23.1. The standard InChI is InChI=1S/C23H36FN3O3/c1-17(2)14-19(16-29-13-5-10-24)25-22(28)20-8-9-21(27-11-3-4-12-27)23(26-20)30-15-18-6-7-18/h8-9,17-19H,3-7,10-16H2,1-2H3,(H,25,28)/i10D2. The van der Waals surface area contributed by atoms with Gasteiger partial charge in [-0.3, -0.25) is 9.18 Å². The highest BCUT2D eigenvalue weighted by Gasteiger charge is 2.25. The van der Waals surface area contributed by atoms with Gasteiger partial charge in [0.2, 0.25) is 5.88 Å². The second-order valence-electron chi connectivity index (χ2n) is 8.73. The number of carbonyl (C=O) groups is 1. The van der Waals surface area contributed by atoms with Crippen molar-refractivity contribution >= 4 is 11.6 Å². The third kappa shape index (κ3) is 7.11. The second kappa shape index (κ2) is 11.5. The highest BCUT2D eigenvalue weighted by molar-refractivity contribution is 5.93. The highest BCUT2D eigenvalue weighted by atomic mass is 19.1. The number of rotatable bonds is 13. The minimum absolute atomic E-state index is 0.0457. The molecule has 2 aliphatic rings. The number of carbonyl (C=O) groups excluding carboxylic acids is 1. The van der Waals surface area contributed by atoms with Crippen molar-refractivity contribution in [2.45, 2.75) is 58.4 Å². The van der Waals surface area contributed by atoms with Crippen molar-refractivity contribution in [1.29, 1.82) is 0 Å². The molecule has 0 spiro atoms. The summed E-state index contributed by atoms with van der Waals surface area (Å²) < 4.78 is 38.4. The first-order valence-electron chi connectivity index (χ1n) is 12.2. The summed E-state index contributed by atoms with van der Waals surface area (Å²) in [5.41, 5.74) is 1.25. The summed E-state index contributed by atoms with van der Waals surface area (Å²) in [4.78, 5) is 19.8. The van der Waals surface area contributed by atoms with E-state index in [0.29, 0.717) is 36.4 Å². The van der Waals surface area contributed by atoms with Gasteiger partial charge < -0.3 is 19.7 Å². The molecular weight excluding hydrogens is 385 g/mol. The molecule has 6 nitrogen and oxygen atoms in total. The molecule has 1 aromatic heterocycles. The molecule has 30 heavy (non-hydrogen) atoms. The van der Waals surface area contributed by atoms with Crippen molar-refractivity contribution in [3.63, 3.8) is 0 Å². The number of amides is 1. The first kappa shape index (κ1) is 20.0. The van der Waals surface area contributed by atoms with Crippen molar-refractivity contribution in [3.8, 4) is 5.88 Å². The molecule has 1 aliphatic heterocycles. The Balaban J connectivity index is 1.64. The molecule has 1 atom stereocenters. The number of aromatic nitrogens is 1. The number of alkyl halides is 1. The maximum absolute atomic E-state index is 13.0. The van der Waals surface area contributed by atoms with Gasteiger partial charge in [-0.25, -0.2) is 4.98 Å². The smallest absolute Gasteiger partial charge is 0.270 e. The Bertz CT molecular complexity index is 750. The summed E-state index contributed by atoms with van der Waals surface area (Å²) in [6.07, 6.45) is 5.00. The van der Waals surface area contributed by atoms with Crippen molar-refractivity contribution in [3.05, 3.63) is 17.8 Å². The number of anilines is 1. The Labute approximate surface area is 182 Å². The van der Waals surface area contributed by atoms with E-state index in [1.54, 1.807) is 6.07 Å². The Morgan fingerprint density at radius 3 is 2.80 bits per heavy atom. The fraction of sp³-hybridized carbons (Fsp3) is 0.739. The zero-order valence-corrected chi connectivity index (χ0v) is 18.2. The Morgan fingerprint density at radius 1 is 1.37 bits per heavy atom. The van der Waals surface area contributed by atoms with Crippen LogP contribution < -0.4 is 15.0 Å². The van der Waals surface area contributed by atoms with Crippen LogP contribution in [0.3, 0.4) is 0 Å². The topological polar surface area (TPSA) is 63.7 Å². The predicted octanol–water partition coefficient (Wildman–Crippen LogP) is 3.99. The van der Waals surface area contributed by atoms with Crippen molar-refractivity contribution in [2.75, 3.05) is 44.4 Å². The van der Waals surface area contributed by atoms with Crippen molar-refractivity contribution in [1.82, 2.24) is 10.3 Å². The largest absolute Gasteiger partial charge is 0.476 e. The number of hydrogen-bond acceptors (Lipinski definition) is 5. The van der Waals surface area contributed by atoms with Gasteiger partial charge in [-0.1, -0.05) is 13.8 Å². The fourth-order valence-electron chi connectivity index (χ4n) is 3.68. The van der Waals surface area contributed by atoms with E-state index in [0.717, 1.165) is 31.6 Å².